The quantitative estimate of drug-likeness (QED) is 0.768. The lowest BCUT2D eigenvalue weighted by Crippen LogP contribution is -2.09. The van der Waals surface area contributed by atoms with Crippen molar-refractivity contribution in [1.29, 1.82) is 5.26 Å². The van der Waals surface area contributed by atoms with E-state index in [0.29, 0.717) is 13.0 Å². The second-order valence-electron chi connectivity index (χ2n) is 4.16. The van der Waals surface area contributed by atoms with Crippen molar-refractivity contribution in [1.82, 2.24) is 9.55 Å². The number of halogens is 1. The minimum absolute atomic E-state index is 0.0167. The second-order valence-corrected chi connectivity index (χ2v) is 6.67. The van der Waals surface area contributed by atoms with E-state index in [0.717, 1.165) is 12.8 Å². The summed E-state index contributed by atoms with van der Waals surface area (Å²) < 4.78 is 23.7. The van der Waals surface area contributed by atoms with Crippen LogP contribution >= 0.6 is 10.7 Å². The van der Waals surface area contributed by atoms with Gasteiger partial charge in [-0.15, -0.1) is 0 Å². The third-order valence-corrected chi connectivity index (χ3v) is 3.97. The van der Waals surface area contributed by atoms with Gasteiger partial charge in [-0.05, 0) is 12.8 Å². The maximum atomic E-state index is 11.0. The van der Waals surface area contributed by atoms with Crippen LogP contribution in [0.3, 0.4) is 0 Å². The van der Waals surface area contributed by atoms with E-state index in [1.807, 2.05) is 0 Å². The molecule has 16 heavy (non-hydrogen) atoms. The van der Waals surface area contributed by atoms with Crippen molar-refractivity contribution in [2.24, 2.45) is 5.41 Å². The van der Waals surface area contributed by atoms with Gasteiger partial charge in [-0.1, -0.05) is 0 Å². The molecule has 0 aliphatic heterocycles. The number of hydrogen-bond acceptors (Lipinski definition) is 4. The van der Waals surface area contributed by atoms with Crippen molar-refractivity contribution in [2.75, 3.05) is 0 Å². The summed E-state index contributed by atoms with van der Waals surface area (Å²) >= 11 is 0. The van der Waals surface area contributed by atoms with Gasteiger partial charge in [-0.2, -0.15) is 5.26 Å². The van der Waals surface area contributed by atoms with Crippen LogP contribution in [-0.2, 0) is 15.6 Å². The fraction of sp³-hybridized carbons (Fsp3) is 0.556. The van der Waals surface area contributed by atoms with E-state index >= 15 is 0 Å². The molecule has 1 saturated carbocycles. The molecular weight excluding hydrogens is 250 g/mol. The Morgan fingerprint density at radius 2 is 2.31 bits per heavy atom. The van der Waals surface area contributed by atoms with Crippen molar-refractivity contribution in [3.8, 4) is 6.07 Å². The summed E-state index contributed by atoms with van der Waals surface area (Å²) in [6.07, 6.45) is 5.34. The Morgan fingerprint density at radius 3 is 2.75 bits per heavy atom. The zero-order chi connectivity index (χ0) is 11.8. The van der Waals surface area contributed by atoms with Crippen LogP contribution in [-0.4, -0.2) is 18.0 Å². The van der Waals surface area contributed by atoms with E-state index in [1.54, 1.807) is 4.57 Å². The molecule has 0 aromatic carbocycles. The predicted octanol–water partition coefficient (Wildman–Crippen LogP) is 1.50. The first-order valence-electron chi connectivity index (χ1n) is 4.79. The van der Waals surface area contributed by atoms with Crippen molar-refractivity contribution >= 4 is 19.7 Å². The average Bonchev–Trinajstić information content (AvgIpc) is 2.75. The molecule has 0 N–H and O–H groups in total. The molecule has 0 bridgehead atoms. The fourth-order valence-electron chi connectivity index (χ4n) is 1.67. The van der Waals surface area contributed by atoms with Crippen molar-refractivity contribution in [2.45, 2.75) is 30.8 Å². The summed E-state index contributed by atoms with van der Waals surface area (Å²) in [5.74, 6) is 0. The fourth-order valence-corrected chi connectivity index (χ4v) is 2.35. The zero-order valence-corrected chi connectivity index (χ0v) is 10.00. The number of imidazole rings is 1. The first-order valence-corrected chi connectivity index (χ1v) is 7.10. The van der Waals surface area contributed by atoms with E-state index in [9.17, 15) is 8.42 Å². The Balaban J connectivity index is 2.13. The number of aromatic nitrogens is 2. The van der Waals surface area contributed by atoms with Gasteiger partial charge in [0.25, 0.3) is 9.05 Å². The van der Waals surface area contributed by atoms with Gasteiger partial charge in [0.2, 0.25) is 0 Å². The van der Waals surface area contributed by atoms with Crippen LogP contribution < -0.4 is 0 Å². The number of hydrogen-bond donors (Lipinski definition) is 0. The van der Waals surface area contributed by atoms with Crippen molar-refractivity contribution < 1.29 is 8.42 Å². The van der Waals surface area contributed by atoms with Gasteiger partial charge < -0.3 is 4.57 Å². The molecule has 0 amide bonds. The molecule has 1 aromatic rings. The summed E-state index contributed by atoms with van der Waals surface area (Å²) in [5.41, 5.74) is 0.0167. The smallest absolute Gasteiger partial charge is 0.280 e. The standard InChI is InChI=1S/C9H10ClN3O2S/c10-16(14,15)8-5-13(7-12-8)6-9(1-2-9)3-4-11/h5,7H,1-3,6H2. The highest BCUT2D eigenvalue weighted by molar-refractivity contribution is 8.13. The summed E-state index contributed by atoms with van der Waals surface area (Å²) in [6.45, 7) is 0.625. The molecule has 7 heteroatoms. The van der Waals surface area contributed by atoms with Gasteiger partial charge >= 0.3 is 0 Å². The lowest BCUT2D eigenvalue weighted by atomic mass is 10.0. The maximum absolute atomic E-state index is 11.0. The lowest BCUT2D eigenvalue weighted by molar-refractivity contribution is 0.431. The SMILES string of the molecule is N#CCC1(Cn2cnc(S(=O)(=O)Cl)c2)CC1. The maximum Gasteiger partial charge on any atom is 0.280 e. The van der Waals surface area contributed by atoms with Crippen LogP contribution in [0.25, 0.3) is 0 Å². The van der Waals surface area contributed by atoms with Crippen LogP contribution in [0.2, 0.25) is 0 Å². The highest BCUT2D eigenvalue weighted by Crippen LogP contribution is 2.49. The number of nitriles is 1. The van der Waals surface area contributed by atoms with E-state index in [-0.39, 0.29) is 10.4 Å². The second kappa shape index (κ2) is 3.75. The highest BCUT2D eigenvalue weighted by atomic mass is 35.7. The third kappa shape index (κ3) is 2.36. The van der Waals surface area contributed by atoms with Crippen molar-refractivity contribution in [3.05, 3.63) is 12.5 Å². The largest absolute Gasteiger partial charge is 0.335 e. The number of nitrogens with zero attached hydrogens (tertiary/aromatic N) is 3. The molecule has 1 fully saturated rings. The minimum atomic E-state index is -3.75. The lowest BCUT2D eigenvalue weighted by Gasteiger charge is -2.10. The summed E-state index contributed by atoms with van der Waals surface area (Å²) in [5, 5.41) is 8.53. The van der Waals surface area contributed by atoms with Crippen LogP contribution in [0.15, 0.2) is 17.6 Å². The van der Waals surface area contributed by atoms with E-state index < -0.39 is 9.05 Å². The third-order valence-electron chi connectivity index (χ3n) is 2.79. The highest BCUT2D eigenvalue weighted by Gasteiger charge is 2.42. The molecule has 0 spiro atoms. The van der Waals surface area contributed by atoms with Gasteiger partial charge in [0.1, 0.15) is 0 Å². The summed E-state index contributed by atoms with van der Waals surface area (Å²) in [6, 6.07) is 2.15. The van der Waals surface area contributed by atoms with E-state index in [1.165, 1.54) is 12.5 Å². The summed E-state index contributed by atoms with van der Waals surface area (Å²) in [7, 11) is 1.41. The Morgan fingerprint density at radius 1 is 1.62 bits per heavy atom. The van der Waals surface area contributed by atoms with Gasteiger partial charge in [0.15, 0.2) is 5.03 Å². The van der Waals surface area contributed by atoms with Crippen LogP contribution in [0.1, 0.15) is 19.3 Å². The molecule has 1 heterocycles. The zero-order valence-electron chi connectivity index (χ0n) is 8.43. The van der Waals surface area contributed by atoms with Crippen LogP contribution in [0.5, 0.6) is 0 Å². The van der Waals surface area contributed by atoms with Gasteiger partial charge in [-0.3, -0.25) is 0 Å². The predicted molar refractivity (Wildman–Crippen MR) is 57.2 cm³/mol. The first-order chi connectivity index (χ1) is 7.45. The molecule has 1 aliphatic carbocycles. The normalized spacial score (nSPS) is 18.0. The van der Waals surface area contributed by atoms with Crippen molar-refractivity contribution in [3.63, 3.8) is 0 Å². The topological polar surface area (TPSA) is 75.8 Å². The molecule has 1 aliphatic rings. The molecule has 1 aromatic heterocycles. The molecule has 86 valence electrons. The molecule has 0 saturated heterocycles. The Labute approximate surface area is 98.1 Å². The van der Waals surface area contributed by atoms with Crippen LogP contribution in [0.4, 0.5) is 0 Å². The van der Waals surface area contributed by atoms with E-state index in [4.69, 9.17) is 15.9 Å². The number of rotatable bonds is 4. The molecule has 5 nitrogen and oxygen atoms in total. The Kier molecular flexibility index (Phi) is 2.68. The molecular formula is C9H10ClN3O2S. The minimum Gasteiger partial charge on any atom is -0.335 e. The Bertz CT molecular complexity index is 539. The monoisotopic (exact) mass is 259 g/mol. The Hall–Kier alpha value is -1.06. The average molecular weight is 260 g/mol. The summed E-state index contributed by atoms with van der Waals surface area (Å²) in [4.78, 5) is 3.72. The van der Waals surface area contributed by atoms with Gasteiger partial charge in [0.05, 0.1) is 12.4 Å². The van der Waals surface area contributed by atoms with Gasteiger partial charge in [-0.25, -0.2) is 13.4 Å². The first kappa shape index (κ1) is 11.4. The molecule has 0 radical (unpaired) electrons. The van der Waals surface area contributed by atoms with Crippen LogP contribution in [0, 0.1) is 16.7 Å². The molecule has 2 rings (SSSR count). The van der Waals surface area contributed by atoms with E-state index in [2.05, 4.69) is 11.1 Å². The molecule has 0 atom stereocenters. The molecule has 0 unspecified atom stereocenters. The van der Waals surface area contributed by atoms with Gasteiger partial charge in [0, 0.05) is 35.3 Å².